The second-order valence-corrected chi connectivity index (χ2v) is 15.9. The molecule has 1 aliphatic rings. The summed E-state index contributed by atoms with van der Waals surface area (Å²) in [5.74, 6) is -0.380. The highest BCUT2D eigenvalue weighted by atomic mass is 32.2. The van der Waals surface area contributed by atoms with Gasteiger partial charge in [0.1, 0.15) is 23.7 Å². The van der Waals surface area contributed by atoms with Crippen molar-refractivity contribution in [2.75, 3.05) is 13.7 Å². The lowest BCUT2D eigenvalue weighted by Crippen LogP contribution is -2.50. The molecule has 2 amide bonds. The fourth-order valence-electron chi connectivity index (χ4n) is 6.13. The Kier molecular flexibility index (Phi) is 16.7. The molecule has 0 unspecified atom stereocenters. The van der Waals surface area contributed by atoms with Crippen LogP contribution in [0.1, 0.15) is 121 Å². The van der Waals surface area contributed by atoms with E-state index in [9.17, 15) is 27.6 Å². The first-order valence-electron chi connectivity index (χ1n) is 17.7. The number of sulfonamides is 1. The van der Waals surface area contributed by atoms with Gasteiger partial charge in [-0.15, -0.1) is 0 Å². The Labute approximate surface area is 298 Å². The highest BCUT2D eigenvalue weighted by molar-refractivity contribution is 7.90. The molecule has 0 aliphatic carbocycles. The Morgan fingerprint density at radius 3 is 2.24 bits per heavy atom. The summed E-state index contributed by atoms with van der Waals surface area (Å²) >= 11 is 0. The number of methoxy groups -OCH3 is 1. The van der Waals surface area contributed by atoms with Crippen molar-refractivity contribution in [1.29, 1.82) is 0 Å². The molecule has 1 aliphatic heterocycles. The van der Waals surface area contributed by atoms with E-state index in [4.69, 9.17) is 10.5 Å². The molecule has 0 aromatic heterocycles. The van der Waals surface area contributed by atoms with Gasteiger partial charge in [-0.2, -0.15) is 0 Å². The number of carbonyl (C=O) groups excluding carboxylic acids is 4. The van der Waals surface area contributed by atoms with Crippen LogP contribution in [0, 0.1) is 26.7 Å². The van der Waals surface area contributed by atoms with E-state index in [0.717, 1.165) is 49.0 Å². The number of amides is 2. The molecule has 2 rings (SSSR count). The van der Waals surface area contributed by atoms with Gasteiger partial charge in [-0.05, 0) is 108 Å². The molecule has 1 aromatic carbocycles. The number of aliphatic imine (C=N–C) groups is 1. The van der Waals surface area contributed by atoms with Gasteiger partial charge < -0.3 is 30.6 Å². The van der Waals surface area contributed by atoms with Crippen LogP contribution < -0.4 is 25.8 Å². The molecule has 0 saturated heterocycles. The summed E-state index contributed by atoms with van der Waals surface area (Å²) in [6.07, 6.45) is 7.56. The Hall–Kier alpha value is -3.68. The van der Waals surface area contributed by atoms with Gasteiger partial charge >= 0.3 is 5.97 Å². The number of esters is 1. The van der Waals surface area contributed by atoms with E-state index < -0.39 is 28.0 Å². The predicted molar refractivity (Wildman–Crippen MR) is 193 cm³/mol. The summed E-state index contributed by atoms with van der Waals surface area (Å²) < 4.78 is 40.4. The third-order valence-electron chi connectivity index (χ3n) is 8.99. The molecule has 0 bridgehead atoms. The minimum absolute atomic E-state index is 0.0901. The standard InChI is InChI=1S/C36H59N5O8S/c1-23(2)21-27(22-42)39-34(45)29(40-30(43)16-12-10-9-11-13-17-31(44)48-8)15-14-20-38-35(37)41-50(46,47)33-25(4)24(3)32-28(26(33)5)18-19-36(6,7)49-32/h22-23,27,29H,9-21H2,1-8H3,(H,39,45)(H,40,43)(H3,37,38,41)/t27-,29-/m0/s1. The van der Waals surface area contributed by atoms with Crippen molar-refractivity contribution in [3.63, 3.8) is 0 Å². The zero-order valence-electron chi connectivity index (χ0n) is 31.2. The summed E-state index contributed by atoms with van der Waals surface area (Å²) in [4.78, 5) is 53.2. The lowest BCUT2D eigenvalue weighted by Gasteiger charge is -2.35. The molecule has 5 N–H and O–H groups in total. The van der Waals surface area contributed by atoms with Crippen LogP contribution >= 0.6 is 0 Å². The Morgan fingerprint density at radius 2 is 1.62 bits per heavy atom. The number of nitrogens with two attached hydrogens (primary N) is 1. The molecule has 50 heavy (non-hydrogen) atoms. The van der Waals surface area contributed by atoms with Crippen molar-refractivity contribution >= 4 is 40.1 Å². The molecule has 0 saturated carbocycles. The second-order valence-electron chi connectivity index (χ2n) is 14.2. The van der Waals surface area contributed by atoms with E-state index in [1.54, 1.807) is 13.8 Å². The summed E-state index contributed by atoms with van der Waals surface area (Å²) in [7, 11) is -2.71. The van der Waals surface area contributed by atoms with Crippen LogP contribution in [-0.4, -0.2) is 69.8 Å². The highest BCUT2D eigenvalue weighted by Crippen LogP contribution is 2.42. The number of fused-ring (bicyclic) bond motifs is 1. The number of rotatable bonds is 20. The highest BCUT2D eigenvalue weighted by Gasteiger charge is 2.33. The second kappa shape index (κ2) is 19.6. The van der Waals surface area contributed by atoms with Gasteiger partial charge in [-0.3, -0.25) is 19.4 Å². The van der Waals surface area contributed by atoms with Gasteiger partial charge in [0, 0.05) is 19.4 Å². The van der Waals surface area contributed by atoms with Crippen molar-refractivity contribution in [2.24, 2.45) is 16.6 Å². The molecule has 1 aromatic rings. The summed E-state index contributed by atoms with van der Waals surface area (Å²) in [6, 6.07) is -1.60. The number of hydrogen-bond acceptors (Lipinski definition) is 9. The first-order valence-corrected chi connectivity index (χ1v) is 19.2. The Bertz CT molecular complexity index is 1490. The van der Waals surface area contributed by atoms with E-state index >= 15 is 0 Å². The van der Waals surface area contributed by atoms with Gasteiger partial charge in [-0.25, -0.2) is 13.1 Å². The van der Waals surface area contributed by atoms with Crippen molar-refractivity contribution in [3.8, 4) is 5.75 Å². The number of benzene rings is 1. The molecule has 0 spiro atoms. The average molecular weight is 722 g/mol. The van der Waals surface area contributed by atoms with Crippen LogP contribution in [0.4, 0.5) is 0 Å². The normalized spacial score (nSPS) is 15.3. The average Bonchev–Trinajstić information content (AvgIpc) is 3.02. The lowest BCUT2D eigenvalue weighted by molar-refractivity contribution is -0.140. The third-order valence-corrected chi connectivity index (χ3v) is 10.6. The van der Waals surface area contributed by atoms with Crippen LogP contribution in [0.5, 0.6) is 5.75 Å². The topological polar surface area (TPSA) is 195 Å². The monoisotopic (exact) mass is 721 g/mol. The number of carbonyl (C=O) groups is 4. The van der Waals surface area contributed by atoms with Crippen molar-refractivity contribution in [1.82, 2.24) is 15.4 Å². The predicted octanol–water partition coefficient (Wildman–Crippen LogP) is 4.21. The van der Waals surface area contributed by atoms with E-state index in [1.807, 2.05) is 34.6 Å². The van der Waals surface area contributed by atoms with E-state index in [2.05, 4.69) is 25.1 Å². The van der Waals surface area contributed by atoms with Crippen molar-refractivity contribution < 1.29 is 37.1 Å². The third kappa shape index (κ3) is 13.2. The minimum atomic E-state index is -4.07. The number of unbranched alkanes of at least 4 members (excludes halogenated alkanes) is 4. The fourth-order valence-corrected chi connectivity index (χ4v) is 7.65. The van der Waals surface area contributed by atoms with Crippen molar-refractivity contribution in [3.05, 3.63) is 22.3 Å². The van der Waals surface area contributed by atoms with E-state index in [1.165, 1.54) is 7.11 Å². The molecule has 14 heteroatoms. The van der Waals surface area contributed by atoms with Crippen LogP contribution in [0.25, 0.3) is 0 Å². The molecule has 13 nitrogen and oxygen atoms in total. The maximum atomic E-state index is 13.5. The van der Waals surface area contributed by atoms with Crippen LogP contribution in [-0.2, 0) is 40.4 Å². The fraction of sp³-hybridized carbons (Fsp3) is 0.694. The SMILES string of the molecule is COC(=O)CCCCCCCC(=O)N[C@@H](CCCN=C(N)NS(=O)(=O)c1c(C)c(C)c2c(c1C)CCC(C)(C)O2)C(=O)N[C@H](C=O)CC(C)C. The van der Waals surface area contributed by atoms with Crippen molar-refractivity contribution in [2.45, 2.75) is 148 Å². The molecule has 0 radical (unpaired) electrons. The Morgan fingerprint density at radius 1 is 0.980 bits per heavy atom. The van der Waals surface area contributed by atoms with E-state index in [0.29, 0.717) is 49.5 Å². The first kappa shape index (κ1) is 42.5. The maximum Gasteiger partial charge on any atom is 0.305 e. The summed E-state index contributed by atoms with van der Waals surface area (Å²) in [6.45, 7) is 13.4. The Balaban J connectivity index is 2.04. The molecular formula is C36H59N5O8S. The molecule has 1 heterocycles. The summed E-state index contributed by atoms with van der Waals surface area (Å²) in [5, 5.41) is 5.52. The summed E-state index contributed by atoms with van der Waals surface area (Å²) in [5.41, 5.74) is 8.53. The number of ether oxygens (including phenoxy) is 2. The number of guanidine groups is 1. The van der Waals surface area contributed by atoms with Crippen LogP contribution in [0.3, 0.4) is 0 Å². The van der Waals surface area contributed by atoms with Gasteiger partial charge in [-0.1, -0.05) is 33.1 Å². The van der Waals surface area contributed by atoms with Crippen LogP contribution in [0.15, 0.2) is 9.89 Å². The molecule has 2 atom stereocenters. The smallest absolute Gasteiger partial charge is 0.305 e. The van der Waals surface area contributed by atoms with Crippen LogP contribution in [0.2, 0.25) is 0 Å². The molecule has 282 valence electrons. The van der Waals surface area contributed by atoms with E-state index in [-0.39, 0.29) is 53.6 Å². The number of nitrogens with one attached hydrogen (secondary N) is 3. The number of nitrogens with zero attached hydrogens (tertiary/aromatic N) is 1. The zero-order chi connectivity index (χ0) is 37.6. The van der Waals surface area contributed by atoms with Gasteiger partial charge in [0.05, 0.1) is 18.0 Å². The van der Waals surface area contributed by atoms with Gasteiger partial charge in [0.25, 0.3) is 10.0 Å². The van der Waals surface area contributed by atoms with Gasteiger partial charge in [0.2, 0.25) is 17.8 Å². The minimum Gasteiger partial charge on any atom is -0.487 e. The number of aldehydes is 1. The quantitative estimate of drug-likeness (QED) is 0.0502. The first-order chi connectivity index (χ1) is 23.4. The number of hydrogen-bond donors (Lipinski definition) is 4. The lowest BCUT2D eigenvalue weighted by atomic mass is 9.88. The maximum absolute atomic E-state index is 13.5. The zero-order valence-corrected chi connectivity index (χ0v) is 32.0. The molecule has 0 fully saturated rings. The largest absolute Gasteiger partial charge is 0.487 e. The van der Waals surface area contributed by atoms with Gasteiger partial charge in [0.15, 0.2) is 0 Å². The molecular weight excluding hydrogens is 662 g/mol.